The van der Waals surface area contributed by atoms with Crippen molar-refractivity contribution < 1.29 is 4.39 Å². The first-order valence-corrected chi connectivity index (χ1v) is 10.9. The molecule has 0 bridgehead atoms. The lowest BCUT2D eigenvalue weighted by Crippen LogP contribution is -1.97. The minimum atomic E-state index is -0.220. The summed E-state index contributed by atoms with van der Waals surface area (Å²) in [5.41, 5.74) is 6.39. The quantitative estimate of drug-likeness (QED) is 0.380. The fraction of sp³-hybridized carbons (Fsp3) is 0.200. The first-order chi connectivity index (χ1) is 13.9. The Kier molecular flexibility index (Phi) is 7.05. The van der Waals surface area contributed by atoms with E-state index in [1.807, 2.05) is 49.4 Å². The first-order valence-electron chi connectivity index (χ1n) is 9.73. The summed E-state index contributed by atoms with van der Waals surface area (Å²) in [6.45, 7) is 10.2. The van der Waals surface area contributed by atoms with Crippen LogP contribution in [0.3, 0.4) is 0 Å². The third-order valence-electron chi connectivity index (χ3n) is 5.01. The molecule has 0 saturated carbocycles. The summed E-state index contributed by atoms with van der Waals surface area (Å²) < 4.78 is 18.0. The van der Waals surface area contributed by atoms with Crippen LogP contribution in [-0.4, -0.2) is 0 Å². The molecule has 150 valence electrons. The molecule has 0 unspecified atom stereocenters. The standard InChI is InChI=1S/C25H25ClFNS/c1-5-16(3)19-13-22(26)20(6-2)25(14-19)29-28-24-15-21(23(27)12-17(24)4)18-10-8-7-9-11-18/h7-15,28H,3,5-6H2,1-2,4H3. The molecule has 0 fully saturated rings. The van der Waals surface area contributed by atoms with E-state index in [4.69, 9.17) is 11.6 Å². The van der Waals surface area contributed by atoms with Crippen molar-refractivity contribution in [2.75, 3.05) is 4.72 Å². The van der Waals surface area contributed by atoms with Gasteiger partial charge in [-0.1, -0.05) is 62.4 Å². The summed E-state index contributed by atoms with van der Waals surface area (Å²) in [6.07, 6.45) is 1.70. The molecule has 3 aromatic rings. The second-order valence-electron chi connectivity index (χ2n) is 6.96. The Morgan fingerprint density at radius 2 is 1.83 bits per heavy atom. The van der Waals surface area contributed by atoms with E-state index in [1.54, 1.807) is 6.07 Å². The van der Waals surface area contributed by atoms with Crippen LogP contribution in [0.4, 0.5) is 10.1 Å². The van der Waals surface area contributed by atoms with Gasteiger partial charge in [0.15, 0.2) is 0 Å². The molecule has 0 atom stereocenters. The lowest BCUT2D eigenvalue weighted by Gasteiger charge is -2.16. The summed E-state index contributed by atoms with van der Waals surface area (Å²) in [6, 6.07) is 17.2. The molecule has 0 aliphatic carbocycles. The molecule has 0 heterocycles. The molecule has 1 nitrogen and oxygen atoms in total. The van der Waals surface area contributed by atoms with E-state index >= 15 is 0 Å². The Hall–Kier alpha value is -2.23. The maximum absolute atomic E-state index is 14.6. The fourth-order valence-corrected chi connectivity index (χ4v) is 4.60. The molecule has 0 aromatic heterocycles. The Morgan fingerprint density at radius 1 is 1.10 bits per heavy atom. The molecule has 29 heavy (non-hydrogen) atoms. The van der Waals surface area contributed by atoms with E-state index in [2.05, 4.69) is 31.2 Å². The van der Waals surface area contributed by atoms with Gasteiger partial charge in [0.05, 0.1) is 0 Å². The maximum Gasteiger partial charge on any atom is 0.131 e. The number of hydrogen-bond donors (Lipinski definition) is 1. The zero-order valence-corrected chi connectivity index (χ0v) is 18.6. The van der Waals surface area contributed by atoms with Gasteiger partial charge < -0.3 is 4.72 Å². The smallest absolute Gasteiger partial charge is 0.131 e. The number of benzene rings is 3. The molecule has 0 aliphatic heterocycles. The van der Waals surface area contributed by atoms with Crippen LogP contribution in [0, 0.1) is 12.7 Å². The third kappa shape index (κ3) is 4.85. The number of aryl methyl sites for hydroxylation is 1. The van der Waals surface area contributed by atoms with Gasteiger partial charge in [-0.3, -0.25) is 0 Å². The van der Waals surface area contributed by atoms with Gasteiger partial charge in [0.1, 0.15) is 5.82 Å². The highest BCUT2D eigenvalue weighted by Gasteiger charge is 2.13. The van der Waals surface area contributed by atoms with Crippen LogP contribution < -0.4 is 4.72 Å². The second kappa shape index (κ2) is 9.51. The molecular formula is C25H25ClFNS. The van der Waals surface area contributed by atoms with Crippen molar-refractivity contribution in [1.82, 2.24) is 0 Å². The number of allylic oxidation sites excluding steroid dienone is 1. The highest BCUT2D eigenvalue weighted by atomic mass is 35.5. The average Bonchev–Trinajstić information content (AvgIpc) is 2.72. The molecule has 3 aromatic carbocycles. The average molecular weight is 426 g/mol. The van der Waals surface area contributed by atoms with E-state index < -0.39 is 0 Å². The van der Waals surface area contributed by atoms with Gasteiger partial charge in [-0.2, -0.15) is 0 Å². The van der Waals surface area contributed by atoms with Crippen LogP contribution in [0.25, 0.3) is 16.7 Å². The minimum Gasteiger partial charge on any atom is -0.325 e. The Bertz CT molecular complexity index is 1030. The number of halogens is 2. The second-order valence-corrected chi connectivity index (χ2v) is 8.22. The van der Waals surface area contributed by atoms with Crippen molar-refractivity contribution in [2.24, 2.45) is 0 Å². The Morgan fingerprint density at radius 3 is 2.48 bits per heavy atom. The highest BCUT2D eigenvalue weighted by molar-refractivity contribution is 8.00. The van der Waals surface area contributed by atoms with E-state index in [0.717, 1.165) is 56.3 Å². The van der Waals surface area contributed by atoms with Crippen molar-refractivity contribution in [2.45, 2.75) is 38.5 Å². The predicted molar refractivity (Wildman–Crippen MR) is 126 cm³/mol. The molecule has 0 saturated heterocycles. The minimum absolute atomic E-state index is 0.220. The molecule has 0 radical (unpaired) electrons. The largest absolute Gasteiger partial charge is 0.325 e. The first kappa shape index (κ1) is 21.5. The lowest BCUT2D eigenvalue weighted by molar-refractivity contribution is 0.630. The van der Waals surface area contributed by atoms with Gasteiger partial charge in [-0.15, -0.1) is 0 Å². The monoisotopic (exact) mass is 425 g/mol. The van der Waals surface area contributed by atoms with Gasteiger partial charge in [0.25, 0.3) is 0 Å². The molecule has 1 N–H and O–H groups in total. The molecule has 0 spiro atoms. The summed E-state index contributed by atoms with van der Waals surface area (Å²) in [5.74, 6) is -0.220. The normalized spacial score (nSPS) is 10.8. The van der Waals surface area contributed by atoms with Gasteiger partial charge >= 0.3 is 0 Å². The zero-order chi connectivity index (χ0) is 21.0. The third-order valence-corrected chi connectivity index (χ3v) is 6.26. The van der Waals surface area contributed by atoms with Crippen LogP contribution >= 0.6 is 23.5 Å². The van der Waals surface area contributed by atoms with E-state index in [9.17, 15) is 4.39 Å². The molecule has 4 heteroatoms. The van der Waals surface area contributed by atoms with Gasteiger partial charge in [-0.25, -0.2) is 4.39 Å². The van der Waals surface area contributed by atoms with Crippen molar-refractivity contribution in [3.05, 3.63) is 88.7 Å². The fourth-order valence-electron chi connectivity index (χ4n) is 3.19. The number of anilines is 1. The van der Waals surface area contributed by atoms with Crippen molar-refractivity contribution >= 4 is 34.8 Å². The van der Waals surface area contributed by atoms with Gasteiger partial charge in [0, 0.05) is 21.2 Å². The summed E-state index contributed by atoms with van der Waals surface area (Å²) in [4.78, 5) is 1.06. The van der Waals surface area contributed by atoms with Crippen LogP contribution in [0.15, 0.2) is 66.1 Å². The summed E-state index contributed by atoms with van der Waals surface area (Å²) in [7, 11) is 0. The SMILES string of the molecule is C=C(CC)c1cc(Cl)c(CC)c(SNc2cc(-c3ccccc3)c(F)cc2C)c1. The summed E-state index contributed by atoms with van der Waals surface area (Å²) >= 11 is 8.05. The van der Waals surface area contributed by atoms with Crippen LogP contribution in [0.5, 0.6) is 0 Å². The molecule has 0 amide bonds. The van der Waals surface area contributed by atoms with E-state index in [-0.39, 0.29) is 5.82 Å². The van der Waals surface area contributed by atoms with Crippen molar-refractivity contribution in [3.63, 3.8) is 0 Å². The van der Waals surface area contributed by atoms with Crippen LogP contribution in [0.1, 0.15) is 37.0 Å². The molecule has 3 rings (SSSR count). The topological polar surface area (TPSA) is 12.0 Å². The van der Waals surface area contributed by atoms with Gasteiger partial charge in [-0.05, 0) is 83.8 Å². The number of rotatable bonds is 7. The van der Waals surface area contributed by atoms with Crippen LogP contribution in [-0.2, 0) is 6.42 Å². The zero-order valence-electron chi connectivity index (χ0n) is 17.0. The van der Waals surface area contributed by atoms with E-state index in [0.29, 0.717) is 5.56 Å². The highest BCUT2D eigenvalue weighted by Crippen LogP contribution is 2.36. The molecular weight excluding hydrogens is 401 g/mol. The Balaban J connectivity index is 1.94. The summed E-state index contributed by atoms with van der Waals surface area (Å²) in [5, 5.41) is 0.754. The number of hydrogen-bond acceptors (Lipinski definition) is 2. The van der Waals surface area contributed by atoms with Crippen LogP contribution in [0.2, 0.25) is 5.02 Å². The van der Waals surface area contributed by atoms with Crippen molar-refractivity contribution in [3.8, 4) is 11.1 Å². The maximum atomic E-state index is 14.6. The number of nitrogens with one attached hydrogen (secondary N) is 1. The van der Waals surface area contributed by atoms with Crippen molar-refractivity contribution in [1.29, 1.82) is 0 Å². The predicted octanol–water partition coefficient (Wildman–Crippen LogP) is 8.56. The Labute approximate surface area is 182 Å². The molecule has 0 aliphatic rings. The van der Waals surface area contributed by atoms with E-state index in [1.165, 1.54) is 11.9 Å². The van der Waals surface area contributed by atoms with Gasteiger partial charge in [0.2, 0.25) is 0 Å². The lowest BCUT2D eigenvalue weighted by atomic mass is 10.0.